The Bertz CT molecular complexity index is 318. The van der Waals surface area contributed by atoms with Crippen molar-refractivity contribution in [2.75, 3.05) is 40.3 Å². The molecule has 102 valence electrons. The van der Waals surface area contributed by atoms with Gasteiger partial charge in [-0.2, -0.15) is 0 Å². The second-order valence-corrected chi connectivity index (χ2v) is 5.32. The minimum Gasteiger partial charge on any atom is -0.472 e. The molecule has 1 N–H and O–H groups in total. The van der Waals surface area contributed by atoms with Gasteiger partial charge in [-0.1, -0.05) is 0 Å². The quantitative estimate of drug-likeness (QED) is 0.774. The van der Waals surface area contributed by atoms with Crippen LogP contribution in [0, 0.1) is 0 Å². The van der Waals surface area contributed by atoms with Crippen molar-refractivity contribution in [3.8, 4) is 0 Å². The van der Waals surface area contributed by atoms with Gasteiger partial charge in [-0.3, -0.25) is 0 Å². The molecule has 1 aromatic rings. The zero-order valence-corrected chi connectivity index (χ0v) is 11.6. The van der Waals surface area contributed by atoms with E-state index >= 15 is 0 Å². The van der Waals surface area contributed by atoms with Gasteiger partial charge in [0.2, 0.25) is 0 Å². The van der Waals surface area contributed by atoms with Crippen LogP contribution in [-0.2, 0) is 6.54 Å². The van der Waals surface area contributed by atoms with E-state index in [1.54, 1.807) is 12.5 Å². The molecule has 4 nitrogen and oxygen atoms in total. The van der Waals surface area contributed by atoms with Gasteiger partial charge in [0.15, 0.2) is 0 Å². The molecular formula is C14H25N3O. The first kappa shape index (κ1) is 13.6. The molecule has 0 spiro atoms. The van der Waals surface area contributed by atoms with Crippen LogP contribution in [0.3, 0.4) is 0 Å². The molecule has 1 fully saturated rings. The Balaban J connectivity index is 1.58. The highest BCUT2D eigenvalue weighted by molar-refractivity contribution is 5.04. The molecule has 18 heavy (non-hydrogen) atoms. The van der Waals surface area contributed by atoms with E-state index in [4.69, 9.17) is 4.42 Å². The normalized spacial score (nSPS) is 18.6. The van der Waals surface area contributed by atoms with Gasteiger partial charge in [0.05, 0.1) is 12.5 Å². The van der Waals surface area contributed by atoms with Gasteiger partial charge in [-0.15, -0.1) is 0 Å². The van der Waals surface area contributed by atoms with Crippen molar-refractivity contribution in [2.24, 2.45) is 0 Å². The predicted molar refractivity (Wildman–Crippen MR) is 73.6 cm³/mol. The van der Waals surface area contributed by atoms with E-state index in [1.165, 1.54) is 31.5 Å². The standard InChI is InChI=1S/C14H25N3O/c1-16-7-3-14(4-8-16)17(2)9-6-15-11-13-5-10-18-12-13/h5,10,12,14-15H,3-4,6-9,11H2,1-2H3. The fourth-order valence-electron chi connectivity index (χ4n) is 2.50. The first-order chi connectivity index (χ1) is 8.75. The van der Waals surface area contributed by atoms with Gasteiger partial charge in [-0.25, -0.2) is 0 Å². The lowest BCUT2D eigenvalue weighted by Gasteiger charge is -2.35. The van der Waals surface area contributed by atoms with Crippen molar-refractivity contribution in [3.05, 3.63) is 24.2 Å². The molecule has 0 unspecified atom stereocenters. The number of furan rings is 1. The zero-order chi connectivity index (χ0) is 12.8. The van der Waals surface area contributed by atoms with Crippen molar-refractivity contribution in [2.45, 2.75) is 25.4 Å². The molecule has 1 saturated heterocycles. The minimum absolute atomic E-state index is 0.761. The summed E-state index contributed by atoms with van der Waals surface area (Å²) >= 11 is 0. The summed E-state index contributed by atoms with van der Waals surface area (Å²) in [5.41, 5.74) is 1.22. The molecule has 2 heterocycles. The van der Waals surface area contributed by atoms with Gasteiger partial charge >= 0.3 is 0 Å². The first-order valence-corrected chi connectivity index (χ1v) is 6.86. The second kappa shape index (κ2) is 6.92. The fraction of sp³-hybridized carbons (Fsp3) is 0.714. The highest BCUT2D eigenvalue weighted by atomic mass is 16.3. The van der Waals surface area contributed by atoms with Crippen LogP contribution >= 0.6 is 0 Å². The minimum atomic E-state index is 0.761. The topological polar surface area (TPSA) is 31.6 Å². The maximum atomic E-state index is 5.04. The Morgan fingerprint density at radius 3 is 2.89 bits per heavy atom. The summed E-state index contributed by atoms with van der Waals surface area (Å²) in [5, 5.41) is 3.45. The summed E-state index contributed by atoms with van der Waals surface area (Å²) in [6.45, 7) is 5.52. The van der Waals surface area contributed by atoms with Gasteiger partial charge in [0.1, 0.15) is 0 Å². The third-order valence-electron chi connectivity index (χ3n) is 3.86. The van der Waals surface area contributed by atoms with Crippen LogP contribution in [0.15, 0.2) is 23.0 Å². The average molecular weight is 251 g/mol. The van der Waals surface area contributed by atoms with Crippen LogP contribution in [0.5, 0.6) is 0 Å². The summed E-state index contributed by atoms with van der Waals surface area (Å²) in [4.78, 5) is 4.91. The molecule has 0 saturated carbocycles. The second-order valence-electron chi connectivity index (χ2n) is 5.32. The lowest BCUT2D eigenvalue weighted by atomic mass is 10.0. The number of rotatable bonds is 6. The molecule has 1 aromatic heterocycles. The van der Waals surface area contributed by atoms with E-state index in [9.17, 15) is 0 Å². The molecule has 1 aliphatic heterocycles. The Morgan fingerprint density at radius 2 is 2.22 bits per heavy atom. The number of likely N-dealkylation sites (N-methyl/N-ethyl adjacent to an activating group) is 1. The molecule has 0 aromatic carbocycles. The van der Waals surface area contributed by atoms with Crippen LogP contribution in [0.2, 0.25) is 0 Å². The molecule has 1 aliphatic rings. The molecule has 0 atom stereocenters. The highest BCUT2D eigenvalue weighted by Crippen LogP contribution is 2.13. The van der Waals surface area contributed by atoms with Crippen LogP contribution in [0.4, 0.5) is 0 Å². The summed E-state index contributed by atoms with van der Waals surface area (Å²) in [5.74, 6) is 0. The number of nitrogens with zero attached hydrogens (tertiary/aromatic N) is 2. The van der Waals surface area contributed by atoms with Crippen LogP contribution < -0.4 is 5.32 Å². The monoisotopic (exact) mass is 251 g/mol. The van der Waals surface area contributed by atoms with E-state index in [0.717, 1.165) is 25.7 Å². The Kier molecular flexibility index (Phi) is 5.23. The van der Waals surface area contributed by atoms with E-state index in [-0.39, 0.29) is 0 Å². The Labute approximate surface area is 110 Å². The third kappa shape index (κ3) is 4.12. The van der Waals surface area contributed by atoms with Gasteiger partial charge in [0.25, 0.3) is 0 Å². The summed E-state index contributed by atoms with van der Waals surface area (Å²) in [7, 11) is 4.46. The van der Waals surface area contributed by atoms with Crippen molar-refractivity contribution < 1.29 is 4.42 Å². The zero-order valence-electron chi connectivity index (χ0n) is 11.6. The summed E-state index contributed by atoms with van der Waals surface area (Å²) in [6.07, 6.45) is 6.12. The van der Waals surface area contributed by atoms with Crippen LogP contribution in [0.1, 0.15) is 18.4 Å². The highest BCUT2D eigenvalue weighted by Gasteiger charge is 2.19. The maximum Gasteiger partial charge on any atom is 0.0947 e. The van der Waals surface area contributed by atoms with Crippen molar-refractivity contribution in [1.29, 1.82) is 0 Å². The molecule has 2 rings (SSSR count). The Hall–Kier alpha value is -0.840. The first-order valence-electron chi connectivity index (χ1n) is 6.86. The molecule has 0 radical (unpaired) electrons. The van der Waals surface area contributed by atoms with Gasteiger partial charge in [-0.05, 0) is 46.1 Å². The van der Waals surface area contributed by atoms with E-state index < -0.39 is 0 Å². The van der Waals surface area contributed by atoms with Crippen molar-refractivity contribution in [3.63, 3.8) is 0 Å². The molecular weight excluding hydrogens is 226 g/mol. The number of likely N-dealkylation sites (tertiary alicyclic amines) is 1. The van der Waals surface area contributed by atoms with E-state index in [0.29, 0.717) is 0 Å². The fourth-order valence-corrected chi connectivity index (χ4v) is 2.50. The van der Waals surface area contributed by atoms with E-state index in [1.807, 2.05) is 6.07 Å². The number of hydrogen-bond acceptors (Lipinski definition) is 4. The summed E-state index contributed by atoms with van der Waals surface area (Å²) < 4.78 is 5.04. The molecule has 0 amide bonds. The van der Waals surface area contributed by atoms with E-state index in [2.05, 4.69) is 29.2 Å². The molecule has 0 bridgehead atoms. The average Bonchev–Trinajstić information content (AvgIpc) is 2.88. The molecule has 0 aliphatic carbocycles. The summed E-state index contributed by atoms with van der Waals surface area (Å²) in [6, 6.07) is 2.77. The smallest absolute Gasteiger partial charge is 0.0947 e. The van der Waals surface area contributed by atoms with Gasteiger partial charge in [0, 0.05) is 31.2 Å². The van der Waals surface area contributed by atoms with Crippen molar-refractivity contribution in [1.82, 2.24) is 15.1 Å². The SMILES string of the molecule is CN1CCC(N(C)CCNCc2ccoc2)CC1. The molecule has 4 heteroatoms. The van der Waals surface area contributed by atoms with Crippen LogP contribution in [0.25, 0.3) is 0 Å². The predicted octanol–water partition coefficient (Wildman–Crippen LogP) is 1.40. The largest absolute Gasteiger partial charge is 0.472 e. The maximum absolute atomic E-state index is 5.04. The van der Waals surface area contributed by atoms with Crippen molar-refractivity contribution >= 4 is 0 Å². The van der Waals surface area contributed by atoms with Crippen LogP contribution in [-0.4, -0.2) is 56.1 Å². The number of piperidine rings is 1. The lowest BCUT2D eigenvalue weighted by molar-refractivity contribution is 0.145. The number of nitrogens with one attached hydrogen (secondary N) is 1. The lowest BCUT2D eigenvalue weighted by Crippen LogP contribution is -2.43. The Morgan fingerprint density at radius 1 is 1.44 bits per heavy atom. The number of hydrogen-bond donors (Lipinski definition) is 1. The third-order valence-corrected chi connectivity index (χ3v) is 3.86. The van der Waals surface area contributed by atoms with Gasteiger partial charge < -0.3 is 19.5 Å².